The minimum atomic E-state index is -0.487. The lowest BCUT2D eigenvalue weighted by molar-refractivity contribution is 0.0562. The van der Waals surface area contributed by atoms with Gasteiger partial charge in [-0.1, -0.05) is 0 Å². The van der Waals surface area contributed by atoms with Gasteiger partial charge in [-0.25, -0.2) is 4.79 Å². The summed E-state index contributed by atoms with van der Waals surface area (Å²) in [5.41, 5.74) is 0. The highest BCUT2D eigenvalue weighted by Crippen LogP contribution is 2.35. The number of rotatable bonds is 5. The Morgan fingerprint density at radius 3 is 2.79 bits per heavy atom. The van der Waals surface area contributed by atoms with Gasteiger partial charge in [0.1, 0.15) is 17.6 Å². The van der Waals surface area contributed by atoms with Crippen molar-refractivity contribution in [2.75, 3.05) is 21.3 Å². The molecule has 2 aromatic rings. The summed E-state index contributed by atoms with van der Waals surface area (Å²) >= 11 is 1.56. The van der Waals surface area contributed by atoms with E-state index in [-0.39, 0.29) is 11.8 Å². The van der Waals surface area contributed by atoms with Crippen LogP contribution in [0.15, 0.2) is 28.0 Å². The fourth-order valence-electron chi connectivity index (χ4n) is 1.81. The topological polar surface area (TPSA) is 60.7 Å². The van der Waals surface area contributed by atoms with E-state index >= 15 is 0 Å². The Labute approximate surface area is 115 Å². The molecule has 0 fully saturated rings. The van der Waals surface area contributed by atoms with Crippen LogP contribution in [0.4, 0.5) is 0 Å². The standard InChI is InChI=1S/C13H15NO4S/c1-14-11(12-9(16-2)6-7-19-12)8-4-5-10(18-8)13(15)17-3/h4-7,11,14H,1-3H3. The predicted octanol–water partition coefficient (Wildman–Crippen LogP) is 2.45. The molecule has 1 atom stereocenters. The van der Waals surface area contributed by atoms with E-state index in [0.29, 0.717) is 5.76 Å². The van der Waals surface area contributed by atoms with Gasteiger partial charge in [0, 0.05) is 0 Å². The fourth-order valence-corrected chi connectivity index (χ4v) is 2.78. The molecule has 0 saturated heterocycles. The average molecular weight is 281 g/mol. The van der Waals surface area contributed by atoms with Gasteiger partial charge < -0.3 is 19.2 Å². The van der Waals surface area contributed by atoms with Crippen LogP contribution in [0.2, 0.25) is 0 Å². The number of nitrogens with one attached hydrogen (secondary N) is 1. The zero-order chi connectivity index (χ0) is 13.8. The first-order valence-corrected chi connectivity index (χ1v) is 6.56. The van der Waals surface area contributed by atoms with Crippen LogP contribution in [0, 0.1) is 0 Å². The molecule has 0 amide bonds. The summed E-state index contributed by atoms with van der Waals surface area (Å²) in [6.45, 7) is 0. The summed E-state index contributed by atoms with van der Waals surface area (Å²) in [6, 6.07) is 5.10. The molecule has 5 nitrogen and oxygen atoms in total. The van der Waals surface area contributed by atoms with Crippen molar-refractivity contribution in [2.45, 2.75) is 6.04 Å². The first kappa shape index (κ1) is 13.6. The highest BCUT2D eigenvalue weighted by atomic mass is 32.1. The summed E-state index contributed by atoms with van der Waals surface area (Å²) in [5, 5.41) is 5.10. The molecule has 0 aliphatic heterocycles. The van der Waals surface area contributed by atoms with Gasteiger partial charge in [-0.05, 0) is 30.6 Å². The summed E-state index contributed by atoms with van der Waals surface area (Å²) < 4.78 is 15.5. The molecule has 102 valence electrons. The van der Waals surface area contributed by atoms with Gasteiger partial charge in [-0.3, -0.25) is 0 Å². The first-order chi connectivity index (χ1) is 9.21. The highest BCUT2D eigenvalue weighted by molar-refractivity contribution is 7.10. The van der Waals surface area contributed by atoms with Crippen molar-refractivity contribution in [3.8, 4) is 5.75 Å². The SMILES string of the molecule is CNC(c1ccc(C(=O)OC)o1)c1sccc1OC. The molecular formula is C13H15NO4S. The molecule has 1 unspecified atom stereocenters. The van der Waals surface area contributed by atoms with Crippen LogP contribution >= 0.6 is 11.3 Å². The maximum absolute atomic E-state index is 11.4. The molecule has 19 heavy (non-hydrogen) atoms. The Kier molecular flexibility index (Phi) is 4.24. The van der Waals surface area contributed by atoms with Crippen LogP contribution in [-0.2, 0) is 4.74 Å². The Balaban J connectivity index is 2.32. The van der Waals surface area contributed by atoms with Crippen molar-refractivity contribution in [3.63, 3.8) is 0 Å². The lowest BCUT2D eigenvalue weighted by Gasteiger charge is -2.13. The molecule has 0 aliphatic carbocycles. The minimum Gasteiger partial charge on any atom is -0.496 e. The first-order valence-electron chi connectivity index (χ1n) is 5.68. The smallest absolute Gasteiger partial charge is 0.373 e. The fraction of sp³-hybridized carbons (Fsp3) is 0.308. The Bertz CT molecular complexity index is 560. The van der Waals surface area contributed by atoms with Gasteiger partial charge in [0.25, 0.3) is 0 Å². The van der Waals surface area contributed by atoms with Gasteiger partial charge in [0.15, 0.2) is 0 Å². The highest BCUT2D eigenvalue weighted by Gasteiger charge is 2.22. The Hall–Kier alpha value is -1.79. The van der Waals surface area contributed by atoms with Crippen molar-refractivity contribution in [2.24, 2.45) is 0 Å². The van der Waals surface area contributed by atoms with Crippen molar-refractivity contribution in [3.05, 3.63) is 40.0 Å². The summed E-state index contributed by atoms with van der Waals surface area (Å²) in [5.74, 6) is 1.14. The maximum Gasteiger partial charge on any atom is 0.373 e. The van der Waals surface area contributed by atoms with E-state index in [4.69, 9.17) is 9.15 Å². The third-order valence-corrected chi connectivity index (χ3v) is 3.69. The van der Waals surface area contributed by atoms with E-state index in [9.17, 15) is 4.79 Å². The predicted molar refractivity (Wildman–Crippen MR) is 71.8 cm³/mol. The van der Waals surface area contributed by atoms with Crippen molar-refractivity contribution in [1.29, 1.82) is 0 Å². The second kappa shape index (κ2) is 5.90. The second-order valence-corrected chi connectivity index (χ2v) is 4.72. The number of furan rings is 1. The zero-order valence-corrected chi connectivity index (χ0v) is 11.7. The van der Waals surface area contributed by atoms with Crippen LogP contribution in [0.1, 0.15) is 27.2 Å². The second-order valence-electron chi connectivity index (χ2n) is 3.77. The van der Waals surface area contributed by atoms with E-state index in [1.807, 2.05) is 18.5 Å². The van der Waals surface area contributed by atoms with E-state index in [2.05, 4.69) is 10.1 Å². The number of thiophene rings is 1. The third kappa shape index (κ3) is 2.64. The van der Waals surface area contributed by atoms with Gasteiger partial charge in [-0.2, -0.15) is 0 Å². The third-order valence-electron chi connectivity index (χ3n) is 2.73. The van der Waals surface area contributed by atoms with Gasteiger partial charge in [0.05, 0.1) is 19.1 Å². The van der Waals surface area contributed by atoms with Crippen LogP contribution < -0.4 is 10.1 Å². The van der Waals surface area contributed by atoms with Crippen LogP contribution in [0.5, 0.6) is 5.75 Å². The summed E-state index contributed by atoms with van der Waals surface area (Å²) in [7, 11) is 4.77. The van der Waals surface area contributed by atoms with E-state index in [1.165, 1.54) is 7.11 Å². The number of hydrogen-bond acceptors (Lipinski definition) is 6. The Morgan fingerprint density at radius 2 is 2.16 bits per heavy atom. The zero-order valence-electron chi connectivity index (χ0n) is 10.9. The average Bonchev–Trinajstić information content (AvgIpc) is 3.08. The normalized spacial score (nSPS) is 12.2. The molecule has 0 radical (unpaired) electrons. The van der Waals surface area contributed by atoms with Gasteiger partial charge >= 0.3 is 5.97 Å². The largest absolute Gasteiger partial charge is 0.496 e. The van der Waals surface area contributed by atoms with E-state index in [1.54, 1.807) is 30.6 Å². The van der Waals surface area contributed by atoms with Gasteiger partial charge in [0.2, 0.25) is 5.76 Å². The molecule has 2 rings (SSSR count). The molecular weight excluding hydrogens is 266 g/mol. The van der Waals surface area contributed by atoms with Crippen molar-refractivity contribution in [1.82, 2.24) is 5.32 Å². The molecule has 1 N–H and O–H groups in total. The summed E-state index contributed by atoms with van der Waals surface area (Å²) in [4.78, 5) is 12.4. The number of hydrogen-bond donors (Lipinski definition) is 1. The van der Waals surface area contributed by atoms with Crippen molar-refractivity contribution >= 4 is 17.3 Å². The Morgan fingerprint density at radius 1 is 1.37 bits per heavy atom. The molecule has 2 aromatic heterocycles. The van der Waals surface area contributed by atoms with E-state index < -0.39 is 5.97 Å². The van der Waals surface area contributed by atoms with Crippen LogP contribution in [-0.4, -0.2) is 27.2 Å². The molecule has 0 aliphatic rings. The number of esters is 1. The maximum atomic E-state index is 11.4. The van der Waals surface area contributed by atoms with Crippen LogP contribution in [0.25, 0.3) is 0 Å². The molecule has 0 saturated carbocycles. The molecule has 0 aromatic carbocycles. The van der Waals surface area contributed by atoms with E-state index in [0.717, 1.165) is 10.6 Å². The monoisotopic (exact) mass is 281 g/mol. The van der Waals surface area contributed by atoms with Crippen LogP contribution in [0.3, 0.4) is 0 Å². The minimum absolute atomic E-state index is 0.159. The lowest BCUT2D eigenvalue weighted by Crippen LogP contribution is -2.16. The number of methoxy groups -OCH3 is 2. The summed E-state index contributed by atoms with van der Waals surface area (Å²) in [6.07, 6.45) is 0. The van der Waals surface area contributed by atoms with Gasteiger partial charge in [-0.15, -0.1) is 11.3 Å². The number of carbonyl (C=O) groups excluding carboxylic acids is 1. The molecule has 0 spiro atoms. The molecule has 2 heterocycles. The quantitative estimate of drug-likeness (QED) is 0.853. The molecule has 6 heteroatoms. The molecule has 0 bridgehead atoms. The van der Waals surface area contributed by atoms with Crippen molar-refractivity contribution < 1.29 is 18.7 Å². The number of carbonyl (C=O) groups is 1. The number of ether oxygens (including phenoxy) is 2. The lowest BCUT2D eigenvalue weighted by atomic mass is 10.2.